The van der Waals surface area contributed by atoms with E-state index in [4.69, 9.17) is 16.3 Å². The number of hydrogen-bond donors (Lipinski definition) is 1. The molecule has 1 heterocycles. The second-order valence-electron chi connectivity index (χ2n) is 8.50. The molecule has 9 nitrogen and oxygen atoms in total. The molecule has 0 bridgehead atoms. The van der Waals surface area contributed by atoms with Gasteiger partial charge < -0.3 is 15.0 Å². The Hall–Kier alpha value is -3.89. The fraction of sp³-hybridized carbons (Fsp3) is 0.192. The fourth-order valence-corrected chi connectivity index (χ4v) is 5.19. The van der Waals surface area contributed by atoms with Gasteiger partial charge in [-0.25, -0.2) is 18.4 Å². The summed E-state index contributed by atoms with van der Waals surface area (Å²) in [6, 6.07) is 16.7. The van der Waals surface area contributed by atoms with Gasteiger partial charge in [0.1, 0.15) is 10.6 Å². The highest BCUT2D eigenvalue weighted by atomic mass is 35.5. The molecule has 192 valence electrons. The predicted molar refractivity (Wildman–Crippen MR) is 148 cm³/mol. The highest BCUT2D eigenvalue weighted by Gasteiger charge is 2.36. The number of ether oxygens (including phenoxy) is 1. The zero-order chi connectivity index (χ0) is 26.9. The maximum Gasteiger partial charge on any atom is 0.278 e. The molecule has 0 aliphatic carbocycles. The molecule has 1 aliphatic heterocycles. The van der Waals surface area contributed by atoms with Crippen molar-refractivity contribution in [1.29, 1.82) is 0 Å². The van der Waals surface area contributed by atoms with Crippen molar-refractivity contribution in [3.63, 3.8) is 0 Å². The van der Waals surface area contributed by atoms with Gasteiger partial charge in [0.2, 0.25) is 0 Å². The number of methoxy groups -OCH3 is 1. The summed E-state index contributed by atoms with van der Waals surface area (Å²) in [5.41, 5.74) is 2.56. The molecular formula is C26H26ClN5O4S. The summed E-state index contributed by atoms with van der Waals surface area (Å²) >= 11 is 6.14. The summed E-state index contributed by atoms with van der Waals surface area (Å²) < 4.78 is 32.9. The maximum atomic E-state index is 13.7. The first kappa shape index (κ1) is 26.2. The number of amidine groups is 1. The molecule has 0 atom stereocenters. The topological polar surface area (TPSA) is 104 Å². The quantitative estimate of drug-likeness (QED) is 0.453. The van der Waals surface area contributed by atoms with Crippen molar-refractivity contribution in [3.8, 4) is 5.75 Å². The number of aliphatic imine (C=N–C) groups is 2. The van der Waals surface area contributed by atoms with Crippen molar-refractivity contribution in [2.75, 3.05) is 38.5 Å². The molecule has 0 saturated heterocycles. The van der Waals surface area contributed by atoms with Crippen LogP contribution in [0.5, 0.6) is 5.75 Å². The number of aryl methyl sites for hydroxylation is 1. The molecule has 0 aromatic heterocycles. The molecule has 11 heteroatoms. The number of amides is 1. The third kappa shape index (κ3) is 5.16. The Labute approximate surface area is 221 Å². The van der Waals surface area contributed by atoms with Crippen LogP contribution < -0.4 is 15.0 Å². The van der Waals surface area contributed by atoms with E-state index in [-0.39, 0.29) is 22.1 Å². The highest BCUT2D eigenvalue weighted by molar-refractivity contribution is 7.90. The number of sulfonamides is 1. The number of benzene rings is 3. The number of fused-ring (bicyclic) bond motifs is 1. The molecule has 1 N–H and O–H groups in total. The number of anilines is 2. The predicted octanol–water partition coefficient (Wildman–Crippen LogP) is 4.80. The van der Waals surface area contributed by atoms with Crippen molar-refractivity contribution < 1.29 is 17.9 Å². The van der Waals surface area contributed by atoms with Crippen LogP contribution in [0.1, 0.15) is 5.56 Å². The van der Waals surface area contributed by atoms with Crippen molar-refractivity contribution >= 4 is 61.8 Å². The van der Waals surface area contributed by atoms with Crippen molar-refractivity contribution in [2.45, 2.75) is 11.8 Å². The molecule has 0 radical (unpaired) electrons. The van der Waals surface area contributed by atoms with Gasteiger partial charge in [-0.15, -0.1) is 0 Å². The van der Waals surface area contributed by atoms with E-state index < -0.39 is 15.9 Å². The molecule has 1 aliphatic rings. The zero-order valence-corrected chi connectivity index (χ0v) is 22.6. The lowest BCUT2D eigenvalue weighted by atomic mass is 10.1. The van der Waals surface area contributed by atoms with E-state index in [9.17, 15) is 13.2 Å². The van der Waals surface area contributed by atoms with Gasteiger partial charge in [-0.1, -0.05) is 23.7 Å². The van der Waals surface area contributed by atoms with Gasteiger partial charge in [0, 0.05) is 31.9 Å². The van der Waals surface area contributed by atoms with Gasteiger partial charge in [0.25, 0.3) is 15.9 Å². The van der Waals surface area contributed by atoms with Crippen LogP contribution in [-0.2, 0) is 14.8 Å². The first-order valence-corrected chi connectivity index (χ1v) is 13.0. The molecule has 0 spiro atoms. The Bertz CT molecular complexity index is 1550. The van der Waals surface area contributed by atoms with Crippen LogP contribution in [0.25, 0.3) is 0 Å². The Morgan fingerprint density at radius 3 is 2.51 bits per heavy atom. The Morgan fingerprint density at radius 1 is 1.11 bits per heavy atom. The zero-order valence-electron chi connectivity index (χ0n) is 21.0. The van der Waals surface area contributed by atoms with E-state index in [0.29, 0.717) is 22.1 Å². The van der Waals surface area contributed by atoms with Crippen LogP contribution in [0.2, 0.25) is 5.02 Å². The first-order valence-electron chi connectivity index (χ1n) is 11.2. The second-order valence-corrected chi connectivity index (χ2v) is 10.9. The molecule has 0 saturated carbocycles. The summed E-state index contributed by atoms with van der Waals surface area (Å²) in [7, 11) is 2.67. The summed E-state index contributed by atoms with van der Waals surface area (Å²) in [6.07, 6.45) is 0. The van der Waals surface area contributed by atoms with Crippen LogP contribution in [0.4, 0.5) is 22.7 Å². The minimum atomic E-state index is -3.97. The Morgan fingerprint density at radius 2 is 1.84 bits per heavy atom. The van der Waals surface area contributed by atoms with Crippen LogP contribution in [0.15, 0.2) is 75.5 Å². The lowest BCUT2D eigenvalue weighted by molar-refractivity contribution is -0.110. The molecule has 4 rings (SSSR count). The standard InChI is InChI=1S/C26H26ClN5O4S/c1-16-14-18(31(2)3)11-12-19(16)28-24(26(33)30-21-15-17(27)10-13-22(21)36-5)25-29-20-8-6-7-9-23(20)37(34,35)32(25)4/h6-15H,1-5H3,(H,30,33)/b28-24-. The number of para-hydroxylation sites is 1. The summed E-state index contributed by atoms with van der Waals surface area (Å²) in [5, 5.41) is 3.13. The van der Waals surface area contributed by atoms with E-state index in [1.807, 2.05) is 38.1 Å². The van der Waals surface area contributed by atoms with Gasteiger partial charge in [-0.3, -0.25) is 9.10 Å². The molecule has 3 aromatic rings. The van der Waals surface area contributed by atoms with Gasteiger partial charge in [0.05, 0.1) is 24.2 Å². The van der Waals surface area contributed by atoms with Crippen molar-refractivity contribution in [1.82, 2.24) is 4.31 Å². The monoisotopic (exact) mass is 539 g/mol. The summed E-state index contributed by atoms with van der Waals surface area (Å²) in [4.78, 5) is 24.8. The fourth-order valence-electron chi connectivity index (χ4n) is 3.74. The number of rotatable bonds is 6. The van der Waals surface area contributed by atoms with Crippen LogP contribution in [0.3, 0.4) is 0 Å². The Balaban J connectivity index is 1.89. The molecule has 0 unspecified atom stereocenters. The summed E-state index contributed by atoms with van der Waals surface area (Å²) in [5.74, 6) is -0.425. The number of nitrogens with one attached hydrogen (secondary N) is 1. The minimum absolute atomic E-state index is 0.0454. The average Bonchev–Trinajstić information content (AvgIpc) is 2.86. The molecule has 3 aromatic carbocycles. The van der Waals surface area contributed by atoms with Gasteiger partial charge in [-0.05, 0) is 61.0 Å². The second kappa shape index (κ2) is 10.2. The number of carbonyl (C=O) groups is 1. The summed E-state index contributed by atoms with van der Waals surface area (Å²) in [6.45, 7) is 1.86. The molecule has 0 fully saturated rings. The molecule has 37 heavy (non-hydrogen) atoms. The molecular weight excluding hydrogens is 514 g/mol. The number of halogens is 1. The highest BCUT2D eigenvalue weighted by Crippen LogP contribution is 2.33. The Kier molecular flexibility index (Phi) is 7.24. The SMILES string of the molecule is COc1ccc(Cl)cc1NC(=O)/C(=N\c1ccc(N(C)C)cc1C)C1=Nc2ccccc2S(=O)(=O)N1C. The van der Waals surface area contributed by atoms with Gasteiger partial charge in [0.15, 0.2) is 11.5 Å². The van der Waals surface area contributed by atoms with Crippen molar-refractivity contribution in [3.05, 3.63) is 71.2 Å². The van der Waals surface area contributed by atoms with Crippen LogP contribution in [0, 0.1) is 6.92 Å². The van der Waals surface area contributed by atoms with E-state index in [2.05, 4.69) is 15.3 Å². The molecule has 1 amide bonds. The third-order valence-electron chi connectivity index (χ3n) is 5.79. The maximum absolute atomic E-state index is 13.7. The first-order chi connectivity index (χ1) is 17.5. The average molecular weight is 540 g/mol. The van der Waals surface area contributed by atoms with Gasteiger partial charge in [-0.2, -0.15) is 0 Å². The largest absolute Gasteiger partial charge is 0.495 e. The van der Waals surface area contributed by atoms with Crippen LogP contribution in [-0.4, -0.2) is 58.4 Å². The van der Waals surface area contributed by atoms with Gasteiger partial charge >= 0.3 is 0 Å². The normalized spacial score (nSPS) is 14.5. The minimum Gasteiger partial charge on any atom is -0.495 e. The number of hydrogen-bond acceptors (Lipinski definition) is 7. The lowest BCUT2D eigenvalue weighted by Gasteiger charge is -2.27. The lowest BCUT2D eigenvalue weighted by Crippen LogP contribution is -2.44. The van der Waals surface area contributed by atoms with Crippen LogP contribution >= 0.6 is 11.6 Å². The van der Waals surface area contributed by atoms with E-state index >= 15 is 0 Å². The number of carbonyl (C=O) groups excluding carboxylic acids is 1. The van der Waals surface area contributed by atoms with Crippen molar-refractivity contribution in [2.24, 2.45) is 9.98 Å². The number of nitrogens with zero attached hydrogens (tertiary/aromatic N) is 4. The van der Waals surface area contributed by atoms with E-state index in [1.54, 1.807) is 36.4 Å². The smallest absolute Gasteiger partial charge is 0.278 e. The van der Waals surface area contributed by atoms with E-state index in [0.717, 1.165) is 15.6 Å². The third-order valence-corrected chi connectivity index (χ3v) is 7.82. The van der Waals surface area contributed by atoms with E-state index in [1.165, 1.54) is 26.3 Å².